The minimum absolute atomic E-state index is 0.130. The lowest BCUT2D eigenvalue weighted by molar-refractivity contribution is -0.139. The number of nitrogens with zero attached hydrogens (tertiary/aromatic N) is 2. The predicted octanol–water partition coefficient (Wildman–Crippen LogP) is 3.49. The number of anilines is 1. The standard InChI is InChI=1S/C26H28ClN3O4S/c1-28-26(32)24(17-20-11-5-3-6-12-20)29(18-21-13-7-4-8-14-21)25(31)19-30(35(2,33)34)23-16-10-9-15-22(23)27/h3-16,24H,17-19H2,1-2H3,(H,28,32)/t24-/m0/s1. The summed E-state index contributed by atoms with van der Waals surface area (Å²) in [4.78, 5) is 28.2. The molecule has 0 unspecified atom stereocenters. The van der Waals surface area contributed by atoms with Crippen molar-refractivity contribution in [1.82, 2.24) is 10.2 Å². The Bertz CT molecular complexity index is 1250. The number of amides is 2. The van der Waals surface area contributed by atoms with E-state index in [-0.39, 0.29) is 29.6 Å². The molecule has 3 aromatic carbocycles. The zero-order chi connectivity index (χ0) is 25.4. The first-order valence-electron chi connectivity index (χ1n) is 11.0. The van der Waals surface area contributed by atoms with Gasteiger partial charge >= 0.3 is 0 Å². The number of carbonyl (C=O) groups is 2. The fourth-order valence-corrected chi connectivity index (χ4v) is 4.90. The Labute approximate surface area is 211 Å². The maximum atomic E-state index is 13.7. The summed E-state index contributed by atoms with van der Waals surface area (Å²) < 4.78 is 26.3. The number of sulfonamides is 1. The molecule has 184 valence electrons. The highest BCUT2D eigenvalue weighted by Crippen LogP contribution is 2.27. The van der Waals surface area contributed by atoms with Gasteiger partial charge in [0, 0.05) is 20.0 Å². The molecule has 0 bridgehead atoms. The highest BCUT2D eigenvalue weighted by molar-refractivity contribution is 7.92. The van der Waals surface area contributed by atoms with E-state index < -0.39 is 28.5 Å². The van der Waals surface area contributed by atoms with Crippen LogP contribution in [-0.2, 0) is 32.6 Å². The number of hydrogen-bond acceptors (Lipinski definition) is 4. The average molecular weight is 514 g/mol. The molecule has 2 amide bonds. The van der Waals surface area contributed by atoms with Gasteiger partial charge in [0.25, 0.3) is 0 Å². The quantitative estimate of drug-likeness (QED) is 0.449. The fourth-order valence-electron chi connectivity index (χ4n) is 3.75. The van der Waals surface area contributed by atoms with Gasteiger partial charge in [0.05, 0.1) is 17.0 Å². The summed E-state index contributed by atoms with van der Waals surface area (Å²) in [5.41, 5.74) is 1.88. The maximum absolute atomic E-state index is 13.7. The minimum Gasteiger partial charge on any atom is -0.357 e. The number of benzene rings is 3. The first-order valence-corrected chi connectivity index (χ1v) is 13.2. The van der Waals surface area contributed by atoms with Gasteiger partial charge in [-0.25, -0.2) is 8.42 Å². The molecule has 0 spiro atoms. The van der Waals surface area contributed by atoms with Gasteiger partial charge in [-0.1, -0.05) is 84.4 Å². The molecular formula is C26H28ClN3O4S. The van der Waals surface area contributed by atoms with E-state index in [2.05, 4.69) is 5.32 Å². The Kier molecular flexibility index (Phi) is 8.89. The van der Waals surface area contributed by atoms with Crippen molar-refractivity contribution in [1.29, 1.82) is 0 Å². The van der Waals surface area contributed by atoms with Crippen LogP contribution in [0.2, 0.25) is 5.02 Å². The van der Waals surface area contributed by atoms with Crippen LogP contribution in [0.25, 0.3) is 0 Å². The van der Waals surface area contributed by atoms with Crippen LogP contribution >= 0.6 is 11.6 Å². The van der Waals surface area contributed by atoms with E-state index in [4.69, 9.17) is 11.6 Å². The van der Waals surface area contributed by atoms with Crippen LogP contribution in [0.3, 0.4) is 0 Å². The van der Waals surface area contributed by atoms with E-state index >= 15 is 0 Å². The number of rotatable bonds is 10. The minimum atomic E-state index is -3.85. The van der Waals surface area contributed by atoms with Gasteiger partial charge in [-0.3, -0.25) is 13.9 Å². The molecule has 0 aliphatic carbocycles. The van der Waals surface area contributed by atoms with Gasteiger partial charge in [0.1, 0.15) is 12.6 Å². The van der Waals surface area contributed by atoms with Crippen molar-refractivity contribution < 1.29 is 18.0 Å². The zero-order valence-corrected chi connectivity index (χ0v) is 21.2. The average Bonchev–Trinajstić information content (AvgIpc) is 2.85. The monoisotopic (exact) mass is 513 g/mol. The second kappa shape index (κ2) is 11.9. The van der Waals surface area contributed by atoms with Crippen molar-refractivity contribution in [3.63, 3.8) is 0 Å². The fraction of sp³-hybridized carbons (Fsp3) is 0.231. The molecule has 9 heteroatoms. The Balaban J connectivity index is 2.01. The summed E-state index contributed by atoms with van der Waals surface area (Å²) in [5, 5.41) is 2.85. The largest absolute Gasteiger partial charge is 0.357 e. The smallest absolute Gasteiger partial charge is 0.244 e. The lowest BCUT2D eigenvalue weighted by Gasteiger charge is -2.33. The molecule has 0 aliphatic rings. The lowest BCUT2D eigenvalue weighted by atomic mass is 10.0. The van der Waals surface area contributed by atoms with Crippen molar-refractivity contribution >= 4 is 39.1 Å². The molecule has 0 saturated carbocycles. The van der Waals surface area contributed by atoms with Crippen molar-refractivity contribution in [2.45, 2.75) is 19.0 Å². The van der Waals surface area contributed by atoms with Crippen molar-refractivity contribution in [3.8, 4) is 0 Å². The Morgan fingerprint density at radius 3 is 1.97 bits per heavy atom. The molecule has 0 radical (unpaired) electrons. The van der Waals surface area contributed by atoms with Crippen LogP contribution < -0.4 is 9.62 Å². The van der Waals surface area contributed by atoms with Crippen LogP contribution in [-0.4, -0.2) is 51.0 Å². The van der Waals surface area contributed by atoms with Crippen molar-refractivity contribution in [2.75, 3.05) is 24.2 Å². The third-order valence-electron chi connectivity index (χ3n) is 5.51. The molecule has 0 fully saturated rings. The van der Waals surface area contributed by atoms with Gasteiger partial charge in [0.15, 0.2) is 0 Å². The molecule has 3 aromatic rings. The first-order chi connectivity index (χ1) is 16.7. The molecule has 0 aromatic heterocycles. The van der Waals surface area contributed by atoms with E-state index in [1.165, 1.54) is 11.9 Å². The van der Waals surface area contributed by atoms with Crippen LogP contribution in [0, 0.1) is 0 Å². The summed E-state index contributed by atoms with van der Waals surface area (Å²) in [6.45, 7) is -0.373. The van der Waals surface area contributed by atoms with E-state index in [1.807, 2.05) is 60.7 Å². The number of hydrogen-bond donors (Lipinski definition) is 1. The van der Waals surface area contributed by atoms with E-state index in [1.54, 1.807) is 24.3 Å². The highest BCUT2D eigenvalue weighted by Gasteiger charge is 2.33. The number of para-hydroxylation sites is 1. The summed E-state index contributed by atoms with van der Waals surface area (Å²) in [5.74, 6) is -0.870. The molecule has 0 aliphatic heterocycles. The summed E-state index contributed by atoms with van der Waals surface area (Å²) >= 11 is 6.27. The zero-order valence-electron chi connectivity index (χ0n) is 19.6. The Morgan fingerprint density at radius 2 is 1.43 bits per heavy atom. The summed E-state index contributed by atoms with van der Waals surface area (Å²) in [6.07, 6.45) is 1.29. The molecule has 35 heavy (non-hydrogen) atoms. The highest BCUT2D eigenvalue weighted by atomic mass is 35.5. The molecule has 1 N–H and O–H groups in total. The molecule has 0 heterocycles. The van der Waals surface area contributed by atoms with Gasteiger partial charge in [-0.15, -0.1) is 0 Å². The third kappa shape index (κ3) is 7.07. The summed E-state index contributed by atoms with van der Waals surface area (Å²) in [7, 11) is -2.34. The lowest BCUT2D eigenvalue weighted by Crippen LogP contribution is -2.52. The Hall–Kier alpha value is -3.36. The van der Waals surface area contributed by atoms with Crippen molar-refractivity contribution in [2.24, 2.45) is 0 Å². The van der Waals surface area contributed by atoms with E-state index in [0.29, 0.717) is 0 Å². The molecule has 7 nitrogen and oxygen atoms in total. The molecule has 3 rings (SSSR count). The third-order valence-corrected chi connectivity index (χ3v) is 6.96. The second-order valence-electron chi connectivity index (χ2n) is 8.05. The van der Waals surface area contributed by atoms with Crippen LogP contribution in [0.1, 0.15) is 11.1 Å². The summed E-state index contributed by atoms with van der Waals surface area (Å²) in [6, 6.07) is 24.2. The molecule has 1 atom stereocenters. The SMILES string of the molecule is CNC(=O)[C@H](Cc1ccccc1)N(Cc1ccccc1)C(=O)CN(c1ccccc1Cl)S(C)(=O)=O. The van der Waals surface area contributed by atoms with Crippen molar-refractivity contribution in [3.05, 3.63) is 101 Å². The number of likely N-dealkylation sites (N-methyl/N-ethyl adjacent to an activating group) is 1. The maximum Gasteiger partial charge on any atom is 0.244 e. The Morgan fingerprint density at radius 1 is 0.886 bits per heavy atom. The first kappa shape index (κ1) is 26.2. The van der Waals surface area contributed by atoms with Crippen LogP contribution in [0.5, 0.6) is 0 Å². The van der Waals surface area contributed by atoms with Gasteiger partial charge in [-0.05, 0) is 23.3 Å². The van der Waals surface area contributed by atoms with Gasteiger partial charge < -0.3 is 10.2 Å². The van der Waals surface area contributed by atoms with Gasteiger partial charge in [-0.2, -0.15) is 0 Å². The second-order valence-corrected chi connectivity index (χ2v) is 10.4. The van der Waals surface area contributed by atoms with E-state index in [0.717, 1.165) is 21.7 Å². The normalized spacial score (nSPS) is 12.0. The molecule has 0 saturated heterocycles. The van der Waals surface area contributed by atoms with Crippen LogP contribution in [0.4, 0.5) is 5.69 Å². The molecular weight excluding hydrogens is 486 g/mol. The number of carbonyl (C=O) groups excluding carboxylic acids is 2. The van der Waals surface area contributed by atoms with Crippen LogP contribution in [0.15, 0.2) is 84.9 Å². The topological polar surface area (TPSA) is 86.8 Å². The van der Waals surface area contributed by atoms with Gasteiger partial charge in [0.2, 0.25) is 21.8 Å². The number of halogens is 1. The predicted molar refractivity (Wildman–Crippen MR) is 139 cm³/mol. The number of nitrogens with one attached hydrogen (secondary N) is 1. The van der Waals surface area contributed by atoms with E-state index in [9.17, 15) is 18.0 Å².